The average Bonchev–Trinajstić information content (AvgIpc) is 1.72. The molecule has 0 bridgehead atoms. The number of aliphatic carboxylic acids is 1. The summed E-state index contributed by atoms with van der Waals surface area (Å²) in [6, 6.07) is 0. The molecular weight excluding hydrogens is 150 g/mol. The van der Waals surface area contributed by atoms with E-state index in [0.717, 1.165) is 7.11 Å². The Morgan fingerprint density at radius 1 is 1.67 bits per heavy atom. The van der Waals surface area contributed by atoms with E-state index in [-0.39, 0.29) is 53.6 Å². The summed E-state index contributed by atoms with van der Waals surface area (Å²) in [6.45, 7) is 0.231. The number of aliphatic hydroxyl groups excluding tert-OH is 1. The van der Waals surface area contributed by atoms with Crippen LogP contribution in [0.1, 0.15) is 9.27 Å². The molecule has 0 spiro atoms. The van der Waals surface area contributed by atoms with Gasteiger partial charge < -0.3 is 18.8 Å². The molecule has 0 aromatic rings. The number of aliphatic hydroxyl groups is 1. The summed E-state index contributed by atoms with van der Waals surface area (Å²) in [6.07, 6.45) is 0.0694. The summed E-state index contributed by atoms with van der Waals surface area (Å²) in [5.74, 6) is -0.836. The average molecular weight is 163 g/mol. The molecule has 0 radical (unpaired) electrons. The maximum Gasteiger partial charge on any atom is 2.00 e. The second-order valence-corrected chi connectivity index (χ2v) is 0.932. The summed E-state index contributed by atoms with van der Waals surface area (Å²) >= 11 is 0. The van der Waals surface area contributed by atoms with Gasteiger partial charge in [0.15, 0.2) is 0 Å². The Bertz CT molecular complexity index is 67.3. The van der Waals surface area contributed by atoms with E-state index in [2.05, 4.69) is 0 Å². The Hall–Kier alpha value is 0.650. The number of hydrogen-bond acceptors (Lipinski definition) is 3. The minimum absolute atomic E-state index is 0. The van der Waals surface area contributed by atoms with Crippen molar-refractivity contribution in [2.24, 2.45) is 5.73 Å². The molecule has 0 fully saturated rings. The van der Waals surface area contributed by atoms with Gasteiger partial charge in [0.2, 0.25) is 0 Å². The maximum atomic E-state index is 9.52. The van der Waals surface area contributed by atoms with Crippen LogP contribution in [-0.2, 0) is 4.79 Å². The van der Waals surface area contributed by atoms with E-state index < -0.39 is 5.97 Å². The second-order valence-electron chi connectivity index (χ2n) is 0.932. The van der Waals surface area contributed by atoms with E-state index in [9.17, 15) is 4.79 Å². The van der Waals surface area contributed by atoms with Crippen molar-refractivity contribution in [2.75, 3.05) is 13.7 Å². The summed E-state index contributed by atoms with van der Waals surface area (Å²) in [4.78, 5) is 9.52. The Kier molecular flexibility index (Phi) is 28.8. The first-order chi connectivity index (χ1) is 3.77. The van der Waals surface area contributed by atoms with E-state index in [1.54, 1.807) is 0 Å². The van der Waals surface area contributed by atoms with Crippen LogP contribution >= 0.6 is 0 Å². The zero-order valence-corrected chi connectivity index (χ0v) is 7.71. The molecule has 54 valence electrons. The van der Waals surface area contributed by atoms with Gasteiger partial charge in [-0.1, -0.05) is 0 Å². The predicted octanol–water partition coefficient (Wildman–Crippen LogP) is -1.13. The van der Waals surface area contributed by atoms with Gasteiger partial charge in [-0.15, -0.1) is 0 Å². The molecule has 0 heterocycles. The van der Waals surface area contributed by atoms with Crippen LogP contribution < -0.4 is 5.73 Å². The minimum atomic E-state index is -0.836. The molecule has 0 amide bonds. The number of carbonyl (C=O) groups is 1. The zero-order valence-electron chi connectivity index (χ0n) is 7.50. The van der Waals surface area contributed by atoms with Crippen LogP contribution in [0.25, 0.3) is 0 Å². The van der Waals surface area contributed by atoms with E-state index in [0.29, 0.717) is 0 Å². The van der Waals surface area contributed by atoms with Crippen LogP contribution in [0, 0.1) is 0 Å². The summed E-state index contributed by atoms with van der Waals surface area (Å²) < 4.78 is 0. The van der Waals surface area contributed by atoms with Crippen molar-refractivity contribution in [2.45, 2.75) is 6.42 Å². The van der Waals surface area contributed by atoms with E-state index in [1.165, 1.54) is 0 Å². The summed E-state index contributed by atoms with van der Waals surface area (Å²) in [5, 5.41) is 14.8. The molecule has 4 nitrogen and oxygen atoms in total. The molecule has 0 aliphatic carbocycles. The molecule has 0 unspecified atom stereocenters. The molecule has 0 aliphatic heterocycles. The zero-order chi connectivity index (χ0) is 6.99. The van der Waals surface area contributed by atoms with Crippen LogP contribution in [0.2, 0.25) is 0 Å². The maximum absolute atomic E-state index is 9.52. The largest absolute Gasteiger partial charge is 2.00 e. The van der Waals surface area contributed by atoms with E-state index >= 15 is 0 Å². The van der Waals surface area contributed by atoms with Crippen molar-refractivity contribution >= 4 is 43.7 Å². The SMILES string of the molecule is CO.NCCC(=O)O.[Ca+2].[H-].[H-]. The first-order valence-corrected chi connectivity index (χ1v) is 2.14. The molecule has 0 aromatic carbocycles. The first kappa shape index (κ1) is 16.3. The minimum Gasteiger partial charge on any atom is -1.00 e. The molecule has 0 saturated heterocycles. The normalized spacial score (nSPS) is 6.11. The Morgan fingerprint density at radius 3 is 2.00 bits per heavy atom. The third kappa shape index (κ3) is 28.7. The monoisotopic (exact) mass is 163 g/mol. The van der Waals surface area contributed by atoms with Crippen molar-refractivity contribution in [1.82, 2.24) is 0 Å². The molecule has 0 saturated carbocycles. The van der Waals surface area contributed by atoms with Gasteiger partial charge in [0, 0.05) is 13.7 Å². The Morgan fingerprint density at radius 2 is 2.00 bits per heavy atom. The van der Waals surface area contributed by atoms with Gasteiger partial charge in [-0.3, -0.25) is 4.79 Å². The molecule has 9 heavy (non-hydrogen) atoms. The molecule has 0 aliphatic rings. The standard InChI is InChI=1S/C3H7NO2.CH4O.Ca.2H/c4-2-1-3(5)6;1-2;;;/h1-2,4H2,(H,5,6);2H,1H3;;;/q;;+2;2*-1. The van der Waals surface area contributed by atoms with Crippen molar-refractivity contribution in [3.05, 3.63) is 0 Å². The third-order valence-electron chi connectivity index (χ3n) is 0.358. The smallest absolute Gasteiger partial charge is 1.00 e. The fraction of sp³-hybridized carbons (Fsp3) is 0.750. The van der Waals surface area contributed by atoms with Crippen molar-refractivity contribution in [1.29, 1.82) is 0 Å². The fourth-order valence-corrected chi connectivity index (χ4v) is 0.123. The number of rotatable bonds is 2. The number of hydrogen-bond donors (Lipinski definition) is 3. The van der Waals surface area contributed by atoms with Gasteiger partial charge in [-0.2, -0.15) is 0 Å². The Labute approximate surface area is 87.0 Å². The third-order valence-corrected chi connectivity index (χ3v) is 0.358. The van der Waals surface area contributed by atoms with Gasteiger partial charge in [-0.05, 0) is 0 Å². The van der Waals surface area contributed by atoms with E-state index in [1.807, 2.05) is 0 Å². The number of carboxylic acid groups (broad SMARTS) is 1. The summed E-state index contributed by atoms with van der Waals surface area (Å²) in [5.41, 5.74) is 4.85. The van der Waals surface area contributed by atoms with Crippen LogP contribution in [0.4, 0.5) is 0 Å². The van der Waals surface area contributed by atoms with E-state index in [4.69, 9.17) is 15.9 Å². The number of carboxylic acids is 1. The van der Waals surface area contributed by atoms with Crippen molar-refractivity contribution < 1.29 is 17.9 Å². The first-order valence-electron chi connectivity index (χ1n) is 2.14. The molecular formula is C4H13CaNO3. The number of nitrogens with two attached hydrogens (primary N) is 1. The molecule has 5 heteroatoms. The van der Waals surface area contributed by atoms with Gasteiger partial charge in [0.1, 0.15) is 0 Å². The topological polar surface area (TPSA) is 83.5 Å². The van der Waals surface area contributed by atoms with Gasteiger partial charge in [-0.25, -0.2) is 0 Å². The van der Waals surface area contributed by atoms with Gasteiger partial charge in [0.05, 0.1) is 6.42 Å². The van der Waals surface area contributed by atoms with Crippen molar-refractivity contribution in [3.63, 3.8) is 0 Å². The van der Waals surface area contributed by atoms with Gasteiger partial charge >= 0.3 is 43.7 Å². The van der Waals surface area contributed by atoms with Crippen LogP contribution in [0.3, 0.4) is 0 Å². The fourth-order valence-electron chi connectivity index (χ4n) is 0.123. The van der Waals surface area contributed by atoms with Crippen LogP contribution in [0.15, 0.2) is 0 Å². The van der Waals surface area contributed by atoms with Crippen LogP contribution in [0.5, 0.6) is 0 Å². The summed E-state index contributed by atoms with van der Waals surface area (Å²) in [7, 11) is 1.00. The predicted molar refractivity (Wildman–Crippen MR) is 37.4 cm³/mol. The molecule has 0 aromatic heterocycles. The van der Waals surface area contributed by atoms with Crippen molar-refractivity contribution in [3.8, 4) is 0 Å². The van der Waals surface area contributed by atoms with Crippen LogP contribution in [-0.4, -0.2) is 67.6 Å². The molecule has 0 rings (SSSR count). The molecule has 4 N–H and O–H groups in total. The second kappa shape index (κ2) is 15.9. The molecule has 0 atom stereocenters. The Balaban J connectivity index is -0.0000000222. The van der Waals surface area contributed by atoms with Gasteiger partial charge in [0.25, 0.3) is 0 Å². The quantitative estimate of drug-likeness (QED) is 0.450.